The summed E-state index contributed by atoms with van der Waals surface area (Å²) in [5.41, 5.74) is 7.02. The Morgan fingerprint density at radius 2 is 1.67 bits per heavy atom. The number of aromatic nitrogens is 2. The van der Waals surface area contributed by atoms with Crippen molar-refractivity contribution in [3.63, 3.8) is 0 Å². The van der Waals surface area contributed by atoms with Crippen LogP contribution in [0, 0.1) is 27.7 Å². The molecule has 0 spiro atoms. The highest BCUT2D eigenvalue weighted by atomic mass is 32.2. The van der Waals surface area contributed by atoms with Gasteiger partial charge < -0.3 is 15.1 Å². The second-order valence-electron chi connectivity index (χ2n) is 8.53. The van der Waals surface area contributed by atoms with Gasteiger partial charge in [-0.05, 0) is 62.1 Å². The summed E-state index contributed by atoms with van der Waals surface area (Å²) < 4.78 is 0. The van der Waals surface area contributed by atoms with E-state index in [1.54, 1.807) is 12.4 Å². The fourth-order valence-corrected chi connectivity index (χ4v) is 4.85. The van der Waals surface area contributed by atoms with E-state index in [0.29, 0.717) is 5.75 Å². The molecule has 172 valence electrons. The first-order valence-electron chi connectivity index (χ1n) is 11.3. The molecule has 0 bridgehead atoms. The molecule has 1 aromatic heterocycles. The third kappa shape index (κ3) is 5.47. The Balaban J connectivity index is 1.38. The van der Waals surface area contributed by atoms with Crippen molar-refractivity contribution >= 4 is 34.9 Å². The zero-order chi connectivity index (χ0) is 23.4. The molecule has 2 aromatic carbocycles. The predicted octanol–water partition coefficient (Wildman–Crippen LogP) is 4.77. The van der Waals surface area contributed by atoms with Gasteiger partial charge in [-0.25, -0.2) is 9.97 Å². The van der Waals surface area contributed by atoms with Gasteiger partial charge in [-0.3, -0.25) is 4.79 Å². The summed E-state index contributed by atoms with van der Waals surface area (Å²) >= 11 is 1.44. The van der Waals surface area contributed by atoms with Crippen LogP contribution in [0.3, 0.4) is 0 Å². The van der Waals surface area contributed by atoms with E-state index >= 15 is 0 Å². The van der Waals surface area contributed by atoms with Gasteiger partial charge in [0.15, 0.2) is 5.82 Å². The SMILES string of the molecule is Cc1ccc(C)c(NC(=O)CSc2nccnc2N2CCN(c3cccc(C)c3C)CC2)c1. The second-order valence-corrected chi connectivity index (χ2v) is 9.50. The monoisotopic (exact) mass is 461 g/mol. The van der Waals surface area contributed by atoms with Crippen LogP contribution in [0.5, 0.6) is 0 Å². The van der Waals surface area contributed by atoms with Crippen LogP contribution < -0.4 is 15.1 Å². The number of amides is 1. The zero-order valence-corrected chi connectivity index (χ0v) is 20.6. The molecule has 2 heterocycles. The lowest BCUT2D eigenvalue weighted by Gasteiger charge is -2.37. The molecule has 0 saturated carbocycles. The molecule has 0 atom stereocenters. The molecule has 6 nitrogen and oxygen atoms in total. The molecule has 1 amide bonds. The first-order valence-corrected chi connectivity index (χ1v) is 12.3. The quantitative estimate of drug-likeness (QED) is 0.534. The summed E-state index contributed by atoms with van der Waals surface area (Å²) in [5, 5.41) is 3.83. The number of thioether (sulfide) groups is 1. The Bertz CT molecular complexity index is 1140. The number of hydrogen-bond acceptors (Lipinski definition) is 6. The molecule has 1 saturated heterocycles. The summed E-state index contributed by atoms with van der Waals surface area (Å²) in [6.45, 7) is 12.0. The van der Waals surface area contributed by atoms with Crippen LogP contribution in [0.25, 0.3) is 0 Å². The maximum atomic E-state index is 12.6. The molecule has 4 rings (SSSR count). The molecular formula is C26H31N5OS. The molecule has 33 heavy (non-hydrogen) atoms. The molecule has 1 fully saturated rings. The highest BCUT2D eigenvalue weighted by molar-refractivity contribution is 8.00. The van der Waals surface area contributed by atoms with Crippen molar-refractivity contribution < 1.29 is 4.79 Å². The van der Waals surface area contributed by atoms with E-state index in [0.717, 1.165) is 53.8 Å². The van der Waals surface area contributed by atoms with E-state index in [1.807, 2.05) is 32.0 Å². The largest absolute Gasteiger partial charge is 0.368 e. The lowest BCUT2D eigenvalue weighted by molar-refractivity contribution is -0.113. The zero-order valence-electron chi connectivity index (χ0n) is 19.8. The van der Waals surface area contributed by atoms with Crippen LogP contribution in [0.4, 0.5) is 17.2 Å². The van der Waals surface area contributed by atoms with Gasteiger partial charge in [0.1, 0.15) is 5.03 Å². The molecule has 3 aromatic rings. The Morgan fingerprint density at radius 1 is 0.939 bits per heavy atom. The van der Waals surface area contributed by atoms with Gasteiger partial charge in [-0.1, -0.05) is 36.0 Å². The van der Waals surface area contributed by atoms with Crippen LogP contribution in [0.1, 0.15) is 22.3 Å². The van der Waals surface area contributed by atoms with Crippen LogP contribution in [0.15, 0.2) is 53.8 Å². The van der Waals surface area contributed by atoms with E-state index in [2.05, 4.69) is 57.1 Å². The van der Waals surface area contributed by atoms with E-state index < -0.39 is 0 Å². The first kappa shape index (κ1) is 23.1. The van der Waals surface area contributed by atoms with Crippen molar-refractivity contribution in [2.75, 3.05) is 47.0 Å². The van der Waals surface area contributed by atoms with Crippen LogP contribution in [-0.4, -0.2) is 47.8 Å². The molecule has 1 aliphatic heterocycles. The number of rotatable bonds is 6. The van der Waals surface area contributed by atoms with Gasteiger partial charge in [0.2, 0.25) is 5.91 Å². The Morgan fingerprint density at radius 3 is 2.45 bits per heavy atom. The standard InChI is InChI=1S/C26H31N5OS/c1-18-8-9-20(3)22(16-18)29-24(32)17-33-26-25(27-10-11-28-26)31-14-12-30(13-15-31)23-7-5-6-19(2)21(23)4/h5-11,16H,12-15,17H2,1-4H3,(H,29,32). The number of nitrogens with one attached hydrogen (secondary N) is 1. The minimum atomic E-state index is -0.0370. The fraction of sp³-hybridized carbons (Fsp3) is 0.346. The molecule has 1 aliphatic rings. The van der Waals surface area contributed by atoms with E-state index in [9.17, 15) is 4.79 Å². The lowest BCUT2D eigenvalue weighted by atomic mass is 10.1. The van der Waals surface area contributed by atoms with Gasteiger partial charge >= 0.3 is 0 Å². The summed E-state index contributed by atoms with van der Waals surface area (Å²) in [6, 6.07) is 12.6. The van der Waals surface area contributed by atoms with E-state index in [1.165, 1.54) is 28.6 Å². The lowest BCUT2D eigenvalue weighted by Crippen LogP contribution is -2.47. The van der Waals surface area contributed by atoms with Crippen molar-refractivity contribution in [3.8, 4) is 0 Å². The second kappa shape index (κ2) is 10.3. The number of carbonyl (C=O) groups excluding carboxylic acids is 1. The van der Waals surface area contributed by atoms with Gasteiger partial charge in [0.25, 0.3) is 0 Å². The first-order chi connectivity index (χ1) is 15.9. The minimum absolute atomic E-state index is 0.0370. The van der Waals surface area contributed by atoms with E-state index in [4.69, 9.17) is 0 Å². The number of hydrogen-bond donors (Lipinski definition) is 1. The molecule has 0 unspecified atom stereocenters. The maximum Gasteiger partial charge on any atom is 0.234 e. The van der Waals surface area contributed by atoms with Gasteiger partial charge in [-0.2, -0.15) is 0 Å². The van der Waals surface area contributed by atoms with Crippen LogP contribution >= 0.6 is 11.8 Å². The third-order valence-electron chi connectivity index (χ3n) is 6.15. The van der Waals surface area contributed by atoms with Gasteiger partial charge in [0.05, 0.1) is 5.75 Å². The van der Waals surface area contributed by atoms with Crippen molar-refractivity contribution in [3.05, 3.63) is 71.0 Å². The number of aryl methyl sites for hydroxylation is 3. The number of carbonyl (C=O) groups is 1. The molecular weight excluding hydrogens is 430 g/mol. The Labute approximate surface area is 200 Å². The smallest absolute Gasteiger partial charge is 0.234 e. The number of benzene rings is 2. The molecule has 1 N–H and O–H groups in total. The van der Waals surface area contributed by atoms with E-state index in [-0.39, 0.29) is 5.91 Å². The van der Waals surface area contributed by atoms with Crippen molar-refractivity contribution in [1.29, 1.82) is 0 Å². The highest BCUT2D eigenvalue weighted by Crippen LogP contribution is 2.29. The van der Waals surface area contributed by atoms with Crippen LogP contribution in [-0.2, 0) is 4.79 Å². The topological polar surface area (TPSA) is 61.4 Å². The molecule has 7 heteroatoms. The summed E-state index contributed by atoms with van der Waals surface area (Å²) in [7, 11) is 0. The fourth-order valence-electron chi connectivity index (χ4n) is 4.06. The molecule has 0 radical (unpaired) electrons. The Hall–Kier alpha value is -3.06. The third-order valence-corrected chi connectivity index (χ3v) is 7.12. The number of anilines is 3. The normalized spacial score (nSPS) is 13.8. The summed E-state index contributed by atoms with van der Waals surface area (Å²) in [6.07, 6.45) is 3.42. The van der Waals surface area contributed by atoms with Gasteiger partial charge in [0, 0.05) is 49.9 Å². The predicted molar refractivity (Wildman–Crippen MR) is 138 cm³/mol. The number of nitrogens with zero attached hydrogens (tertiary/aromatic N) is 4. The Kier molecular flexibility index (Phi) is 7.18. The average molecular weight is 462 g/mol. The summed E-state index contributed by atoms with van der Waals surface area (Å²) in [5.74, 6) is 1.12. The average Bonchev–Trinajstić information content (AvgIpc) is 2.82. The number of piperazine rings is 1. The molecule has 0 aliphatic carbocycles. The van der Waals surface area contributed by atoms with Crippen molar-refractivity contribution in [2.45, 2.75) is 32.7 Å². The van der Waals surface area contributed by atoms with Crippen LogP contribution in [0.2, 0.25) is 0 Å². The van der Waals surface area contributed by atoms with Crippen molar-refractivity contribution in [1.82, 2.24) is 9.97 Å². The minimum Gasteiger partial charge on any atom is -0.368 e. The highest BCUT2D eigenvalue weighted by Gasteiger charge is 2.22. The van der Waals surface area contributed by atoms with Crippen molar-refractivity contribution in [2.24, 2.45) is 0 Å². The van der Waals surface area contributed by atoms with Gasteiger partial charge in [-0.15, -0.1) is 0 Å². The summed E-state index contributed by atoms with van der Waals surface area (Å²) in [4.78, 5) is 26.5. The maximum absolute atomic E-state index is 12.6.